The Balaban J connectivity index is 2.08. The summed E-state index contributed by atoms with van der Waals surface area (Å²) in [5, 5.41) is 1.96. The van der Waals surface area contributed by atoms with Gasteiger partial charge in [-0.1, -0.05) is 12.8 Å². The molecule has 1 fully saturated rings. The van der Waals surface area contributed by atoms with Gasteiger partial charge in [-0.2, -0.15) is 0 Å². The highest BCUT2D eigenvalue weighted by molar-refractivity contribution is 7.12. The molecule has 0 aromatic carbocycles. The number of nitrogens with two attached hydrogens (primary N) is 1. The van der Waals surface area contributed by atoms with Crippen LogP contribution in [0.5, 0.6) is 0 Å². The van der Waals surface area contributed by atoms with Crippen molar-refractivity contribution < 1.29 is 4.79 Å². The fourth-order valence-corrected chi connectivity index (χ4v) is 3.33. The number of carbonyl (C=O) groups excluding carboxylic acids is 1. The molecule has 0 radical (unpaired) electrons. The number of nitrogen functional groups attached to an aromatic ring is 1. The minimum atomic E-state index is -0.178. The lowest BCUT2D eigenvalue weighted by molar-refractivity contribution is 0.0955. The number of nitrogens with one attached hydrogen (secondary N) is 1. The molecule has 1 unspecified atom stereocenters. The summed E-state index contributed by atoms with van der Waals surface area (Å²) in [6.07, 6.45) is 5.15. The molecule has 0 bridgehead atoms. The first kappa shape index (κ1) is 13.5. The minimum absolute atomic E-state index is 0.178. The average Bonchev–Trinajstić information content (AvgIpc) is 2.74. The zero-order chi connectivity index (χ0) is 13.0. The second kappa shape index (κ2) is 6.31. The summed E-state index contributed by atoms with van der Waals surface area (Å²) in [7, 11) is 0. The van der Waals surface area contributed by atoms with Gasteiger partial charge >= 0.3 is 0 Å². The largest absolute Gasteiger partial charge is 0.296 e. The minimum Gasteiger partial charge on any atom is -0.296 e. The molecule has 18 heavy (non-hydrogen) atoms. The molecule has 1 saturated heterocycles. The standard InChI is InChI=1S/C13H21N3OS/c1-10-5-3-2-4-7-16(10)9-11-6-8-18-12(11)13(17)15-14/h6,8,10H,2-5,7,9,14H2,1H3,(H,15,17). The molecule has 1 amide bonds. The second-order valence-electron chi connectivity index (χ2n) is 4.92. The Kier molecular flexibility index (Phi) is 4.74. The van der Waals surface area contributed by atoms with E-state index in [0.29, 0.717) is 6.04 Å². The Bertz CT molecular complexity index is 405. The summed E-state index contributed by atoms with van der Waals surface area (Å²) in [4.78, 5) is 14.9. The molecular formula is C13H21N3OS. The highest BCUT2D eigenvalue weighted by Gasteiger charge is 2.20. The number of nitrogens with zero attached hydrogens (tertiary/aromatic N) is 1. The maximum absolute atomic E-state index is 11.6. The van der Waals surface area contributed by atoms with Crippen LogP contribution in [-0.4, -0.2) is 23.4 Å². The molecule has 100 valence electrons. The summed E-state index contributed by atoms with van der Waals surface area (Å²) in [5.41, 5.74) is 3.32. The Morgan fingerprint density at radius 1 is 1.56 bits per heavy atom. The molecule has 2 rings (SSSR count). The highest BCUT2D eigenvalue weighted by Crippen LogP contribution is 2.23. The van der Waals surface area contributed by atoms with E-state index in [1.54, 1.807) is 0 Å². The maximum atomic E-state index is 11.6. The first-order chi connectivity index (χ1) is 8.72. The lowest BCUT2D eigenvalue weighted by atomic mass is 10.1. The Morgan fingerprint density at radius 2 is 2.39 bits per heavy atom. The van der Waals surface area contributed by atoms with Crippen molar-refractivity contribution in [1.82, 2.24) is 10.3 Å². The second-order valence-corrected chi connectivity index (χ2v) is 5.83. The first-order valence-corrected chi connectivity index (χ1v) is 7.41. The summed E-state index contributed by atoms with van der Waals surface area (Å²) >= 11 is 1.46. The monoisotopic (exact) mass is 267 g/mol. The summed E-state index contributed by atoms with van der Waals surface area (Å²) < 4.78 is 0. The van der Waals surface area contributed by atoms with Crippen LogP contribution in [0.2, 0.25) is 0 Å². The van der Waals surface area contributed by atoms with Crippen LogP contribution in [0.15, 0.2) is 11.4 Å². The third kappa shape index (κ3) is 3.10. The summed E-state index contributed by atoms with van der Waals surface area (Å²) in [5.74, 6) is 5.03. The van der Waals surface area contributed by atoms with Gasteiger partial charge in [0.1, 0.15) is 0 Å². The van der Waals surface area contributed by atoms with Gasteiger partial charge in [-0.15, -0.1) is 11.3 Å². The Hall–Kier alpha value is -0.910. The van der Waals surface area contributed by atoms with Crippen LogP contribution in [0.1, 0.15) is 47.8 Å². The maximum Gasteiger partial charge on any atom is 0.275 e. The Labute approximate surface area is 112 Å². The number of hydrazine groups is 1. The van der Waals surface area contributed by atoms with Gasteiger partial charge in [0.25, 0.3) is 5.91 Å². The number of likely N-dealkylation sites (tertiary alicyclic amines) is 1. The zero-order valence-corrected chi connectivity index (χ0v) is 11.6. The Morgan fingerprint density at radius 3 is 3.17 bits per heavy atom. The van der Waals surface area contributed by atoms with Gasteiger partial charge in [0, 0.05) is 12.6 Å². The highest BCUT2D eigenvalue weighted by atomic mass is 32.1. The molecule has 0 spiro atoms. The lowest BCUT2D eigenvalue weighted by Crippen LogP contribution is -2.34. The molecule has 5 heteroatoms. The molecule has 1 aliphatic heterocycles. The predicted octanol–water partition coefficient (Wildman–Crippen LogP) is 2.12. The van der Waals surface area contributed by atoms with E-state index < -0.39 is 0 Å². The molecule has 1 aromatic heterocycles. The van der Waals surface area contributed by atoms with Crippen molar-refractivity contribution in [2.45, 2.75) is 45.2 Å². The van der Waals surface area contributed by atoms with E-state index in [1.165, 1.54) is 37.0 Å². The van der Waals surface area contributed by atoms with Gasteiger partial charge < -0.3 is 0 Å². The van der Waals surface area contributed by atoms with Gasteiger partial charge in [-0.05, 0) is 43.3 Å². The molecule has 0 saturated carbocycles. The van der Waals surface area contributed by atoms with E-state index in [-0.39, 0.29) is 5.91 Å². The molecule has 1 atom stereocenters. The number of hydrogen-bond acceptors (Lipinski definition) is 4. The molecule has 3 N–H and O–H groups in total. The zero-order valence-electron chi connectivity index (χ0n) is 10.8. The van der Waals surface area contributed by atoms with E-state index in [0.717, 1.165) is 23.5 Å². The topological polar surface area (TPSA) is 58.4 Å². The van der Waals surface area contributed by atoms with Gasteiger partial charge in [-0.25, -0.2) is 5.84 Å². The molecule has 1 aromatic rings. The van der Waals surface area contributed by atoms with E-state index in [2.05, 4.69) is 17.2 Å². The lowest BCUT2D eigenvalue weighted by Gasteiger charge is -2.26. The van der Waals surface area contributed by atoms with Crippen molar-refractivity contribution in [3.05, 3.63) is 21.9 Å². The summed E-state index contributed by atoms with van der Waals surface area (Å²) in [6, 6.07) is 2.63. The van der Waals surface area contributed by atoms with Gasteiger partial charge in [0.05, 0.1) is 4.88 Å². The predicted molar refractivity (Wildman–Crippen MR) is 74.3 cm³/mol. The van der Waals surface area contributed by atoms with Crippen LogP contribution < -0.4 is 11.3 Å². The van der Waals surface area contributed by atoms with E-state index >= 15 is 0 Å². The fourth-order valence-electron chi connectivity index (χ4n) is 2.51. The van der Waals surface area contributed by atoms with Crippen LogP contribution in [0.4, 0.5) is 0 Å². The quantitative estimate of drug-likeness (QED) is 0.501. The third-order valence-electron chi connectivity index (χ3n) is 3.65. The van der Waals surface area contributed by atoms with Crippen LogP contribution in [0.3, 0.4) is 0 Å². The van der Waals surface area contributed by atoms with Gasteiger partial charge in [-0.3, -0.25) is 15.1 Å². The number of rotatable bonds is 3. The third-order valence-corrected chi connectivity index (χ3v) is 4.60. The number of hydrogen-bond donors (Lipinski definition) is 2. The van der Waals surface area contributed by atoms with Crippen molar-refractivity contribution in [1.29, 1.82) is 0 Å². The molecular weight excluding hydrogens is 246 g/mol. The average molecular weight is 267 g/mol. The normalized spacial score (nSPS) is 21.6. The van der Waals surface area contributed by atoms with Crippen LogP contribution >= 0.6 is 11.3 Å². The van der Waals surface area contributed by atoms with Crippen LogP contribution in [0.25, 0.3) is 0 Å². The number of carbonyl (C=O) groups is 1. The molecule has 2 heterocycles. The fraction of sp³-hybridized carbons (Fsp3) is 0.615. The summed E-state index contributed by atoms with van der Waals surface area (Å²) in [6.45, 7) is 4.26. The van der Waals surface area contributed by atoms with Crippen molar-refractivity contribution in [3.8, 4) is 0 Å². The van der Waals surface area contributed by atoms with Gasteiger partial charge in [0.2, 0.25) is 0 Å². The SMILES string of the molecule is CC1CCCCCN1Cc1ccsc1C(=O)NN. The van der Waals surface area contributed by atoms with Crippen LogP contribution in [0, 0.1) is 0 Å². The van der Waals surface area contributed by atoms with E-state index in [1.807, 2.05) is 11.4 Å². The van der Waals surface area contributed by atoms with E-state index in [4.69, 9.17) is 5.84 Å². The van der Waals surface area contributed by atoms with Crippen molar-refractivity contribution in [2.75, 3.05) is 6.54 Å². The van der Waals surface area contributed by atoms with Crippen molar-refractivity contribution in [2.24, 2.45) is 5.84 Å². The number of thiophene rings is 1. The molecule has 0 aliphatic carbocycles. The first-order valence-electron chi connectivity index (χ1n) is 6.53. The van der Waals surface area contributed by atoms with Crippen molar-refractivity contribution in [3.63, 3.8) is 0 Å². The molecule has 4 nitrogen and oxygen atoms in total. The van der Waals surface area contributed by atoms with E-state index in [9.17, 15) is 4.79 Å². The smallest absolute Gasteiger partial charge is 0.275 e. The van der Waals surface area contributed by atoms with Crippen molar-refractivity contribution >= 4 is 17.2 Å². The molecule has 1 aliphatic rings. The van der Waals surface area contributed by atoms with Gasteiger partial charge in [0.15, 0.2) is 0 Å². The van der Waals surface area contributed by atoms with Crippen LogP contribution in [-0.2, 0) is 6.54 Å². The number of amides is 1.